The number of hydrogen-bond acceptors (Lipinski definition) is 8. The van der Waals surface area contributed by atoms with E-state index in [0.29, 0.717) is 36.2 Å². The molecule has 10 nitrogen and oxygen atoms in total. The summed E-state index contributed by atoms with van der Waals surface area (Å²) >= 11 is 1.25. The van der Waals surface area contributed by atoms with Crippen molar-refractivity contribution in [1.82, 2.24) is 25.1 Å². The molecule has 3 aromatic rings. The molecule has 1 N–H and O–H groups in total. The smallest absolute Gasteiger partial charge is 0.254 e. The first-order valence-electron chi connectivity index (χ1n) is 11.5. The number of aromatic nitrogens is 4. The van der Waals surface area contributed by atoms with E-state index in [0.717, 1.165) is 36.3 Å². The van der Waals surface area contributed by atoms with Crippen molar-refractivity contribution in [3.63, 3.8) is 0 Å². The third-order valence-corrected chi connectivity index (χ3v) is 7.01. The number of ether oxygens (including phenoxy) is 2. The highest BCUT2D eigenvalue weighted by Gasteiger charge is 2.31. The zero-order chi connectivity index (χ0) is 24.2. The molecule has 2 aromatic carbocycles. The maximum absolute atomic E-state index is 13.3. The number of rotatable bonds is 6. The molecule has 3 heterocycles. The van der Waals surface area contributed by atoms with Crippen LogP contribution in [-0.2, 0) is 11.8 Å². The van der Waals surface area contributed by atoms with E-state index in [-0.39, 0.29) is 23.6 Å². The van der Waals surface area contributed by atoms with Crippen LogP contribution in [0.4, 0.5) is 5.69 Å². The number of thioether (sulfide) groups is 1. The maximum atomic E-state index is 13.3. The number of anilines is 1. The van der Waals surface area contributed by atoms with Crippen LogP contribution in [-0.4, -0.2) is 62.4 Å². The van der Waals surface area contributed by atoms with Crippen molar-refractivity contribution >= 4 is 29.3 Å². The number of nitrogens with one attached hydrogen (secondary N) is 1. The van der Waals surface area contributed by atoms with Gasteiger partial charge in [0.1, 0.15) is 0 Å². The fourth-order valence-electron chi connectivity index (χ4n) is 4.28. The molecule has 0 spiro atoms. The number of benzene rings is 2. The fraction of sp³-hybridized carbons (Fsp3) is 0.375. The normalized spacial score (nSPS) is 17.2. The van der Waals surface area contributed by atoms with Gasteiger partial charge < -0.3 is 19.7 Å². The molecule has 2 amide bonds. The van der Waals surface area contributed by atoms with E-state index < -0.39 is 0 Å². The molecular formula is C24H26N6O4S. The average molecular weight is 495 g/mol. The van der Waals surface area contributed by atoms with Crippen LogP contribution < -0.4 is 14.8 Å². The van der Waals surface area contributed by atoms with Gasteiger partial charge in [-0.15, -0.1) is 5.10 Å². The minimum Gasteiger partial charge on any atom is -0.490 e. The Kier molecular flexibility index (Phi) is 6.84. The Labute approximate surface area is 207 Å². The Hall–Kier alpha value is -3.60. The van der Waals surface area contributed by atoms with E-state index in [1.165, 1.54) is 16.4 Å². The molecule has 1 atom stereocenters. The van der Waals surface area contributed by atoms with E-state index >= 15 is 0 Å². The summed E-state index contributed by atoms with van der Waals surface area (Å²) in [6.45, 7) is 1.97. The van der Waals surface area contributed by atoms with Crippen molar-refractivity contribution in [1.29, 1.82) is 0 Å². The van der Waals surface area contributed by atoms with Gasteiger partial charge in [0.2, 0.25) is 11.1 Å². The minimum absolute atomic E-state index is 0.00819. The largest absolute Gasteiger partial charge is 0.490 e. The Bertz CT molecular complexity index is 1210. The molecule has 0 bridgehead atoms. The van der Waals surface area contributed by atoms with E-state index in [9.17, 15) is 9.59 Å². The number of carbonyl (C=O) groups excluding carboxylic acids is 2. The van der Waals surface area contributed by atoms with Crippen molar-refractivity contribution in [3.8, 4) is 11.5 Å². The zero-order valence-electron chi connectivity index (χ0n) is 19.3. The van der Waals surface area contributed by atoms with Crippen LogP contribution in [0.25, 0.3) is 0 Å². The van der Waals surface area contributed by atoms with Gasteiger partial charge in [-0.05, 0) is 65.2 Å². The van der Waals surface area contributed by atoms with Crippen LogP contribution in [0.3, 0.4) is 0 Å². The number of likely N-dealkylation sites (tertiary alicyclic amines) is 1. The average Bonchev–Trinajstić information content (AvgIpc) is 3.45. The lowest BCUT2D eigenvalue weighted by Crippen LogP contribution is -2.30. The first-order valence-corrected chi connectivity index (χ1v) is 12.5. The Morgan fingerprint density at radius 1 is 1.09 bits per heavy atom. The predicted octanol–water partition coefficient (Wildman–Crippen LogP) is 3.08. The van der Waals surface area contributed by atoms with Crippen LogP contribution in [0.5, 0.6) is 11.5 Å². The monoisotopic (exact) mass is 494 g/mol. The number of carbonyl (C=O) groups is 2. The summed E-state index contributed by atoms with van der Waals surface area (Å²) in [5.74, 6) is 1.48. The van der Waals surface area contributed by atoms with Gasteiger partial charge in [-0.25, -0.2) is 4.68 Å². The number of tetrazole rings is 1. The number of amides is 2. The maximum Gasteiger partial charge on any atom is 0.254 e. The topological polar surface area (TPSA) is 111 Å². The highest BCUT2D eigenvalue weighted by atomic mass is 32.2. The van der Waals surface area contributed by atoms with E-state index in [4.69, 9.17) is 9.47 Å². The van der Waals surface area contributed by atoms with Crippen LogP contribution in [0.1, 0.15) is 41.2 Å². The van der Waals surface area contributed by atoms with Crippen molar-refractivity contribution < 1.29 is 19.1 Å². The summed E-state index contributed by atoms with van der Waals surface area (Å²) < 4.78 is 13.1. The van der Waals surface area contributed by atoms with Gasteiger partial charge in [-0.2, -0.15) is 0 Å². The van der Waals surface area contributed by atoms with Gasteiger partial charge >= 0.3 is 0 Å². The first kappa shape index (κ1) is 23.2. The van der Waals surface area contributed by atoms with E-state index in [2.05, 4.69) is 20.8 Å². The molecule has 5 rings (SSSR count). The number of fused-ring (bicyclic) bond motifs is 1. The Morgan fingerprint density at radius 3 is 2.66 bits per heavy atom. The summed E-state index contributed by atoms with van der Waals surface area (Å²) in [7, 11) is 1.72. The first-order chi connectivity index (χ1) is 17.1. The lowest BCUT2D eigenvalue weighted by Gasteiger charge is -2.26. The van der Waals surface area contributed by atoms with Crippen LogP contribution >= 0.6 is 11.8 Å². The van der Waals surface area contributed by atoms with Gasteiger partial charge in [0.25, 0.3) is 5.91 Å². The second-order valence-corrected chi connectivity index (χ2v) is 9.35. The number of hydrogen-bond donors (Lipinski definition) is 1. The molecule has 0 aliphatic carbocycles. The quantitative estimate of drug-likeness (QED) is 0.521. The molecule has 35 heavy (non-hydrogen) atoms. The fourth-order valence-corrected chi connectivity index (χ4v) is 4.93. The summed E-state index contributed by atoms with van der Waals surface area (Å²) in [4.78, 5) is 27.5. The third-order valence-electron chi connectivity index (χ3n) is 6.00. The van der Waals surface area contributed by atoms with Crippen molar-refractivity contribution in [2.75, 3.05) is 30.8 Å². The van der Waals surface area contributed by atoms with Gasteiger partial charge in [0.05, 0.1) is 25.0 Å². The van der Waals surface area contributed by atoms with Gasteiger partial charge in [-0.3, -0.25) is 9.59 Å². The number of aryl methyl sites for hydroxylation is 1. The van der Waals surface area contributed by atoms with Crippen LogP contribution in [0, 0.1) is 0 Å². The van der Waals surface area contributed by atoms with Crippen LogP contribution in [0.2, 0.25) is 0 Å². The second-order valence-electron chi connectivity index (χ2n) is 8.41. The second kappa shape index (κ2) is 10.3. The highest BCUT2D eigenvalue weighted by Crippen LogP contribution is 2.38. The SMILES string of the molecule is Cn1nnnc1SCC(=O)Nc1ccc(C(=O)N2CCC[C@@H]2c2ccc3c(c2)OCCCO3)cc1. The lowest BCUT2D eigenvalue weighted by atomic mass is 10.0. The van der Waals surface area contributed by atoms with Gasteiger partial charge in [0.15, 0.2) is 11.5 Å². The van der Waals surface area contributed by atoms with Crippen LogP contribution in [0.15, 0.2) is 47.6 Å². The summed E-state index contributed by atoms with van der Waals surface area (Å²) in [5, 5.41) is 14.5. The van der Waals surface area contributed by atoms with E-state index in [1.807, 2.05) is 23.1 Å². The molecule has 0 unspecified atom stereocenters. The summed E-state index contributed by atoms with van der Waals surface area (Å²) in [6.07, 6.45) is 2.70. The molecule has 0 radical (unpaired) electrons. The summed E-state index contributed by atoms with van der Waals surface area (Å²) in [5.41, 5.74) is 2.27. The van der Waals surface area contributed by atoms with Crippen molar-refractivity contribution in [2.45, 2.75) is 30.5 Å². The van der Waals surface area contributed by atoms with Gasteiger partial charge in [-0.1, -0.05) is 17.8 Å². The Morgan fingerprint density at radius 2 is 1.89 bits per heavy atom. The zero-order valence-corrected chi connectivity index (χ0v) is 20.2. The predicted molar refractivity (Wildman–Crippen MR) is 130 cm³/mol. The van der Waals surface area contributed by atoms with E-state index in [1.54, 1.807) is 31.3 Å². The molecule has 1 saturated heterocycles. The molecule has 1 aromatic heterocycles. The lowest BCUT2D eigenvalue weighted by molar-refractivity contribution is -0.113. The molecule has 0 saturated carbocycles. The summed E-state index contributed by atoms with van der Waals surface area (Å²) in [6, 6.07) is 13.0. The molecular weight excluding hydrogens is 468 g/mol. The molecule has 182 valence electrons. The van der Waals surface area contributed by atoms with Crippen molar-refractivity contribution in [2.24, 2.45) is 7.05 Å². The third kappa shape index (κ3) is 5.24. The molecule has 1 fully saturated rings. The standard InChI is InChI=1S/C24H26N6O4S/c1-29-24(26-27-28-29)35-15-22(31)25-18-8-5-16(6-9-18)23(32)30-11-2-4-19(30)17-7-10-20-21(14-17)34-13-3-12-33-20/h5-10,14,19H,2-4,11-13,15H2,1H3,(H,25,31)/t19-/m1/s1. The minimum atomic E-state index is -0.175. The molecule has 2 aliphatic rings. The Balaban J connectivity index is 1.22. The van der Waals surface area contributed by atoms with Crippen molar-refractivity contribution in [3.05, 3.63) is 53.6 Å². The number of nitrogens with zero attached hydrogens (tertiary/aromatic N) is 5. The highest BCUT2D eigenvalue weighted by molar-refractivity contribution is 7.99. The molecule has 11 heteroatoms. The van der Waals surface area contributed by atoms with Gasteiger partial charge in [0, 0.05) is 31.3 Å². The molecule has 2 aliphatic heterocycles.